The summed E-state index contributed by atoms with van der Waals surface area (Å²) in [6.45, 7) is 0. The summed E-state index contributed by atoms with van der Waals surface area (Å²) in [5.41, 5.74) is 8.62. The molecule has 0 spiro atoms. The highest BCUT2D eigenvalue weighted by Crippen LogP contribution is 2.29. The van der Waals surface area contributed by atoms with E-state index in [0.29, 0.717) is 33.9 Å². The second kappa shape index (κ2) is 4.37. The molecule has 5 nitrogen and oxygen atoms in total. The number of nitriles is 1. The molecule has 0 bridgehead atoms. The van der Waals surface area contributed by atoms with E-state index in [2.05, 4.69) is 25.9 Å². The Morgan fingerprint density at radius 1 is 1.32 bits per heavy atom. The summed E-state index contributed by atoms with van der Waals surface area (Å²) in [6, 6.07) is 8.94. The Labute approximate surface area is 116 Å². The molecule has 1 aromatic carbocycles. The number of anilines is 1. The number of nitrogens with zero attached hydrogens (tertiary/aromatic N) is 3. The third kappa shape index (κ3) is 2.04. The predicted molar refractivity (Wildman–Crippen MR) is 74.1 cm³/mol. The number of halogens is 1. The topological polar surface area (TPSA) is 88.7 Å². The lowest BCUT2D eigenvalue weighted by Gasteiger charge is -1.94. The zero-order chi connectivity index (χ0) is 13.4. The Morgan fingerprint density at radius 2 is 2.16 bits per heavy atom. The van der Waals surface area contributed by atoms with Crippen LogP contribution in [0.1, 0.15) is 5.56 Å². The van der Waals surface area contributed by atoms with Crippen LogP contribution in [0.4, 0.5) is 5.69 Å². The van der Waals surface area contributed by atoms with Gasteiger partial charge in [-0.3, -0.25) is 0 Å². The van der Waals surface area contributed by atoms with Gasteiger partial charge in [-0.1, -0.05) is 15.9 Å². The summed E-state index contributed by atoms with van der Waals surface area (Å²) in [4.78, 5) is 8.47. The van der Waals surface area contributed by atoms with Crippen LogP contribution in [0.2, 0.25) is 0 Å². The van der Waals surface area contributed by atoms with E-state index in [9.17, 15) is 0 Å². The average molecular weight is 315 g/mol. The Balaban J connectivity index is 2.15. The molecule has 6 heteroatoms. The number of nitrogens with two attached hydrogens (primary N) is 1. The van der Waals surface area contributed by atoms with Gasteiger partial charge in [-0.05, 0) is 24.3 Å². The first-order valence-electron chi connectivity index (χ1n) is 5.39. The summed E-state index contributed by atoms with van der Waals surface area (Å²) in [5.74, 6) is 0.379. The molecule has 19 heavy (non-hydrogen) atoms. The summed E-state index contributed by atoms with van der Waals surface area (Å²) < 4.78 is 6.45. The third-order valence-corrected chi connectivity index (χ3v) is 3.05. The molecule has 2 aromatic heterocycles. The summed E-state index contributed by atoms with van der Waals surface area (Å²) >= 11 is 3.35. The maximum Gasteiger partial charge on any atom is 0.246 e. The number of pyridine rings is 1. The van der Waals surface area contributed by atoms with Crippen molar-refractivity contribution in [3.8, 4) is 17.7 Å². The van der Waals surface area contributed by atoms with E-state index in [1.807, 2.05) is 12.1 Å². The molecule has 0 atom stereocenters. The lowest BCUT2D eigenvalue weighted by molar-refractivity contribution is 0.618. The van der Waals surface area contributed by atoms with Crippen molar-refractivity contribution >= 4 is 32.7 Å². The van der Waals surface area contributed by atoms with Crippen LogP contribution in [0.3, 0.4) is 0 Å². The van der Waals surface area contributed by atoms with Gasteiger partial charge in [0.15, 0.2) is 5.58 Å². The van der Waals surface area contributed by atoms with E-state index >= 15 is 0 Å². The van der Waals surface area contributed by atoms with Crippen molar-refractivity contribution in [2.75, 3.05) is 5.73 Å². The highest BCUT2D eigenvalue weighted by Gasteiger charge is 2.12. The van der Waals surface area contributed by atoms with Crippen molar-refractivity contribution in [3.63, 3.8) is 0 Å². The van der Waals surface area contributed by atoms with Gasteiger partial charge < -0.3 is 10.2 Å². The lowest BCUT2D eigenvalue weighted by Crippen LogP contribution is -1.84. The number of rotatable bonds is 1. The Morgan fingerprint density at radius 3 is 2.84 bits per heavy atom. The Kier molecular flexibility index (Phi) is 2.69. The SMILES string of the molecule is N#Cc1ccc(-c2nc3cc(Br)cc(N)c3o2)nc1. The largest absolute Gasteiger partial charge is 0.432 e. The van der Waals surface area contributed by atoms with Crippen molar-refractivity contribution in [1.82, 2.24) is 9.97 Å². The van der Waals surface area contributed by atoms with Gasteiger partial charge in [-0.2, -0.15) is 5.26 Å². The van der Waals surface area contributed by atoms with Gasteiger partial charge in [0.2, 0.25) is 5.89 Å². The molecule has 0 unspecified atom stereocenters. The third-order valence-electron chi connectivity index (χ3n) is 2.60. The minimum Gasteiger partial charge on any atom is -0.432 e. The van der Waals surface area contributed by atoms with Crippen LogP contribution in [0.5, 0.6) is 0 Å². The number of benzene rings is 1. The molecular formula is C13H7BrN4O. The van der Waals surface area contributed by atoms with Crippen LogP contribution in [0.15, 0.2) is 39.4 Å². The van der Waals surface area contributed by atoms with Gasteiger partial charge in [-0.15, -0.1) is 0 Å². The van der Waals surface area contributed by atoms with Gasteiger partial charge >= 0.3 is 0 Å². The first-order valence-corrected chi connectivity index (χ1v) is 6.19. The van der Waals surface area contributed by atoms with Gasteiger partial charge in [0.1, 0.15) is 17.3 Å². The molecular weight excluding hydrogens is 308 g/mol. The van der Waals surface area contributed by atoms with E-state index in [4.69, 9.17) is 15.4 Å². The molecule has 0 amide bonds. The molecule has 3 aromatic rings. The molecule has 92 valence electrons. The summed E-state index contributed by atoms with van der Waals surface area (Å²) in [5, 5.41) is 8.73. The molecule has 3 rings (SSSR count). The van der Waals surface area contributed by atoms with Crippen LogP contribution in [0.25, 0.3) is 22.7 Å². The molecule has 0 radical (unpaired) electrons. The van der Waals surface area contributed by atoms with E-state index in [0.717, 1.165) is 4.47 Å². The second-order valence-corrected chi connectivity index (χ2v) is 4.82. The van der Waals surface area contributed by atoms with Crippen LogP contribution in [0, 0.1) is 11.3 Å². The van der Waals surface area contributed by atoms with Gasteiger partial charge in [-0.25, -0.2) is 9.97 Å². The lowest BCUT2D eigenvalue weighted by atomic mass is 10.3. The average Bonchev–Trinajstić information content (AvgIpc) is 2.83. The number of fused-ring (bicyclic) bond motifs is 1. The van der Waals surface area contributed by atoms with Gasteiger partial charge in [0.25, 0.3) is 0 Å². The highest BCUT2D eigenvalue weighted by atomic mass is 79.9. The van der Waals surface area contributed by atoms with Crippen LogP contribution >= 0.6 is 15.9 Å². The van der Waals surface area contributed by atoms with Crippen molar-refractivity contribution in [1.29, 1.82) is 5.26 Å². The first kappa shape index (κ1) is 11.7. The summed E-state index contributed by atoms with van der Waals surface area (Å²) in [6.07, 6.45) is 1.48. The highest BCUT2D eigenvalue weighted by molar-refractivity contribution is 9.10. The van der Waals surface area contributed by atoms with Crippen molar-refractivity contribution in [3.05, 3.63) is 40.5 Å². The molecule has 2 heterocycles. The maximum absolute atomic E-state index is 8.73. The van der Waals surface area contributed by atoms with E-state index < -0.39 is 0 Å². The van der Waals surface area contributed by atoms with E-state index in [1.165, 1.54) is 6.20 Å². The fraction of sp³-hybridized carbons (Fsp3) is 0. The van der Waals surface area contributed by atoms with Gasteiger partial charge in [0.05, 0.1) is 11.3 Å². The van der Waals surface area contributed by atoms with Crippen LogP contribution < -0.4 is 5.73 Å². The second-order valence-electron chi connectivity index (χ2n) is 3.91. The van der Waals surface area contributed by atoms with Crippen LogP contribution in [-0.2, 0) is 0 Å². The van der Waals surface area contributed by atoms with E-state index in [-0.39, 0.29) is 0 Å². The normalized spacial score (nSPS) is 10.5. The van der Waals surface area contributed by atoms with Crippen LogP contribution in [-0.4, -0.2) is 9.97 Å². The molecule has 0 fully saturated rings. The fourth-order valence-electron chi connectivity index (χ4n) is 1.72. The number of oxazole rings is 1. The minimum absolute atomic E-state index is 0.379. The number of aromatic nitrogens is 2. The summed E-state index contributed by atoms with van der Waals surface area (Å²) in [7, 11) is 0. The van der Waals surface area contributed by atoms with E-state index in [1.54, 1.807) is 18.2 Å². The molecule has 0 saturated heterocycles. The number of hydrogen-bond donors (Lipinski definition) is 1. The molecule has 0 aliphatic rings. The maximum atomic E-state index is 8.73. The van der Waals surface area contributed by atoms with Crippen molar-refractivity contribution in [2.45, 2.75) is 0 Å². The van der Waals surface area contributed by atoms with Crippen molar-refractivity contribution in [2.24, 2.45) is 0 Å². The minimum atomic E-state index is 0.379. The zero-order valence-electron chi connectivity index (χ0n) is 9.59. The zero-order valence-corrected chi connectivity index (χ0v) is 11.2. The predicted octanol–water partition coefficient (Wildman–Crippen LogP) is 3.11. The first-order chi connectivity index (χ1) is 9.17. The molecule has 0 aliphatic heterocycles. The smallest absolute Gasteiger partial charge is 0.246 e. The quantitative estimate of drug-likeness (QED) is 0.697. The standard InChI is InChI=1S/C13H7BrN4O/c14-8-3-9(16)12-11(4-8)18-13(19-12)10-2-1-7(5-15)6-17-10/h1-4,6H,16H2. The Bertz CT molecular complexity index is 802. The Hall–Kier alpha value is -2.39. The molecule has 0 saturated carbocycles. The molecule has 0 aliphatic carbocycles. The number of hydrogen-bond acceptors (Lipinski definition) is 5. The van der Waals surface area contributed by atoms with Crippen molar-refractivity contribution < 1.29 is 4.42 Å². The number of nitrogen functional groups attached to an aromatic ring is 1. The monoisotopic (exact) mass is 314 g/mol. The fourth-order valence-corrected chi connectivity index (χ4v) is 2.18. The molecule has 2 N–H and O–H groups in total. The van der Waals surface area contributed by atoms with Gasteiger partial charge in [0, 0.05) is 10.7 Å².